The number of aromatic hydroxyl groups is 1. The summed E-state index contributed by atoms with van der Waals surface area (Å²) in [5.74, 6) is 0.388. The van der Waals surface area contributed by atoms with Gasteiger partial charge >= 0.3 is 0 Å². The number of phenolic OH excluding ortho intramolecular Hbond substituents is 1. The molecule has 4 rings (SSSR count). The molecule has 6 N–H and O–H groups in total. The van der Waals surface area contributed by atoms with E-state index in [9.17, 15) is 25.5 Å². The molecule has 2 aromatic carbocycles. The van der Waals surface area contributed by atoms with Crippen molar-refractivity contribution in [1.82, 2.24) is 0 Å². The van der Waals surface area contributed by atoms with E-state index in [-0.39, 0.29) is 31.3 Å². The summed E-state index contributed by atoms with van der Waals surface area (Å²) in [5.41, 5.74) is 2.19. The number of aliphatic hydroxyl groups excluding tert-OH is 5. The molecule has 0 saturated carbocycles. The molecule has 2 aliphatic heterocycles. The van der Waals surface area contributed by atoms with Crippen LogP contribution in [-0.2, 0) is 11.2 Å². The second kappa shape index (κ2) is 10.3. The predicted octanol–water partition coefficient (Wildman–Crippen LogP) is 0.353. The highest BCUT2D eigenvalue weighted by atomic mass is 16.7. The van der Waals surface area contributed by atoms with Crippen molar-refractivity contribution in [2.75, 3.05) is 26.9 Å². The lowest BCUT2D eigenvalue weighted by Crippen LogP contribution is -2.54. The molecule has 1 saturated heterocycles. The summed E-state index contributed by atoms with van der Waals surface area (Å²) < 4.78 is 22.5. The van der Waals surface area contributed by atoms with E-state index in [1.165, 1.54) is 7.11 Å². The van der Waals surface area contributed by atoms with Gasteiger partial charge in [0.15, 0.2) is 23.0 Å². The predicted molar refractivity (Wildman–Crippen MR) is 118 cm³/mol. The summed E-state index contributed by atoms with van der Waals surface area (Å²) >= 11 is 0. The van der Waals surface area contributed by atoms with Crippen molar-refractivity contribution in [1.29, 1.82) is 0 Å². The second-order valence-electron chi connectivity index (χ2n) is 8.47. The number of hydrogen-bond acceptors (Lipinski definition) is 10. The molecule has 0 aliphatic carbocycles. The Bertz CT molecular complexity index is 996. The van der Waals surface area contributed by atoms with Gasteiger partial charge in [0, 0.05) is 12.2 Å². The number of fused-ring (bicyclic) bond motifs is 1. The van der Waals surface area contributed by atoms with Gasteiger partial charge in [-0.05, 0) is 42.2 Å². The van der Waals surface area contributed by atoms with E-state index in [1.54, 1.807) is 24.3 Å². The number of hydrogen-bond donors (Lipinski definition) is 6. The molecule has 10 nitrogen and oxygen atoms in total. The van der Waals surface area contributed by atoms with Gasteiger partial charge in [0.2, 0.25) is 6.29 Å². The van der Waals surface area contributed by atoms with Crippen LogP contribution in [0.2, 0.25) is 0 Å². The van der Waals surface area contributed by atoms with Crippen LogP contribution in [0.15, 0.2) is 30.3 Å². The fraction of sp³-hybridized carbons (Fsp3) is 0.500. The molecule has 1 fully saturated rings. The summed E-state index contributed by atoms with van der Waals surface area (Å²) in [6.45, 7) is -0.375. The van der Waals surface area contributed by atoms with Gasteiger partial charge in [-0.1, -0.05) is 12.1 Å². The van der Waals surface area contributed by atoms with E-state index in [2.05, 4.69) is 0 Å². The number of aryl methyl sites for hydroxylation is 1. The average Bonchev–Trinajstić information content (AvgIpc) is 3.22. The molecule has 0 radical (unpaired) electrons. The molecule has 2 aliphatic rings. The van der Waals surface area contributed by atoms with Crippen LogP contribution in [-0.4, -0.2) is 82.2 Å². The molecule has 34 heavy (non-hydrogen) atoms. The van der Waals surface area contributed by atoms with Gasteiger partial charge in [-0.25, -0.2) is 0 Å². The Morgan fingerprint density at radius 3 is 2.53 bits per heavy atom. The smallest absolute Gasteiger partial charge is 0.229 e. The first-order valence-electron chi connectivity index (χ1n) is 11.1. The molecule has 0 spiro atoms. The van der Waals surface area contributed by atoms with Crippen molar-refractivity contribution in [2.45, 2.75) is 49.5 Å². The number of methoxy groups -OCH3 is 1. The van der Waals surface area contributed by atoms with Crippen LogP contribution in [0, 0.1) is 0 Å². The van der Waals surface area contributed by atoms with Crippen LogP contribution in [0.4, 0.5) is 0 Å². The minimum atomic E-state index is -1.46. The molecule has 0 amide bonds. The average molecular weight is 478 g/mol. The minimum Gasteiger partial charge on any atom is -0.504 e. The summed E-state index contributed by atoms with van der Waals surface area (Å²) in [4.78, 5) is 0. The standard InChI is InChI=1S/C24H30O10/c1-31-19-9-13(4-5-18(19)33-24-21(30)20(29)17(28)11-32-24)22-15(10-26)14-7-12(3-2-6-25)8-16(27)23(14)34-22/h4-5,7-9,15,17,20-22,24-30H,2-3,6,10-11H2,1H3/t15-,17-,20+,21-,22-,24+/m1/s1. The van der Waals surface area contributed by atoms with Crippen LogP contribution in [0.5, 0.6) is 23.0 Å². The van der Waals surface area contributed by atoms with Gasteiger partial charge in [0.1, 0.15) is 24.4 Å². The lowest BCUT2D eigenvalue weighted by atomic mass is 9.90. The maximum Gasteiger partial charge on any atom is 0.229 e. The molecule has 6 atom stereocenters. The van der Waals surface area contributed by atoms with Gasteiger partial charge in [0.05, 0.1) is 26.2 Å². The SMILES string of the molecule is COc1cc([C@H]2Oc3c(O)cc(CCCO)cc3[C@H]2CO)ccc1O[C@@H]1OC[C@@H](O)[C@H](O)[C@H]1O. The number of ether oxygens (including phenoxy) is 4. The lowest BCUT2D eigenvalue weighted by molar-refractivity contribution is -0.242. The first kappa shape index (κ1) is 24.5. The first-order chi connectivity index (χ1) is 16.4. The normalized spacial score (nSPS) is 28.3. The third kappa shape index (κ3) is 4.65. The molecule has 0 bridgehead atoms. The largest absolute Gasteiger partial charge is 0.504 e. The van der Waals surface area contributed by atoms with Crippen LogP contribution in [0.25, 0.3) is 0 Å². The van der Waals surface area contributed by atoms with Crippen molar-refractivity contribution in [3.05, 3.63) is 47.0 Å². The Labute approximate surface area is 196 Å². The Balaban J connectivity index is 1.57. The third-order valence-electron chi connectivity index (χ3n) is 6.20. The zero-order valence-corrected chi connectivity index (χ0v) is 18.7. The Morgan fingerprint density at radius 1 is 1.03 bits per heavy atom. The number of benzene rings is 2. The number of aliphatic hydroxyl groups is 5. The monoisotopic (exact) mass is 478 g/mol. The highest BCUT2D eigenvalue weighted by Crippen LogP contribution is 2.51. The van der Waals surface area contributed by atoms with Crippen molar-refractivity contribution < 1.29 is 49.6 Å². The zero-order chi connectivity index (χ0) is 24.4. The maximum atomic E-state index is 10.5. The highest BCUT2D eigenvalue weighted by Gasteiger charge is 2.40. The minimum absolute atomic E-state index is 0.0255. The van der Waals surface area contributed by atoms with Gasteiger partial charge in [0.25, 0.3) is 0 Å². The topological polar surface area (TPSA) is 158 Å². The first-order valence-corrected chi connectivity index (χ1v) is 11.1. The second-order valence-corrected chi connectivity index (χ2v) is 8.47. The Hall–Kier alpha value is -2.60. The fourth-order valence-corrected chi connectivity index (χ4v) is 4.36. The molecule has 10 heteroatoms. The van der Waals surface area contributed by atoms with E-state index >= 15 is 0 Å². The maximum absolute atomic E-state index is 10.5. The van der Waals surface area contributed by atoms with E-state index in [4.69, 9.17) is 24.1 Å². The van der Waals surface area contributed by atoms with E-state index in [0.717, 1.165) is 5.56 Å². The van der Waals surface area contributed by atoms with E-state index in [0.29, 0.717) is 35.5 Å². The van der Waals surface area contributed by atoms with Crippen LogP contribution in [0.3, 0.4) is 0 Å². The quantitative estimate of drug-likeness (QED) is 0.313. The summed E-state index contributed by atoms with van der Waals surface area (Å²) in [6, 6.07) is 8.44. The van der Waals surface area contributed by atoms with E-state index in [1.807, 2.05) is 6.07 Å². The van der Waals surface area contributed by atoms with E-state index < -0.39 is 36.6 Å². The highest BCUT2D eigenvalue weighted by molar-refractivity contribution is 5.55. The number of phenols is 1. The van der Waals surface area contributed by atoms with Gasteiger partial charge in [-0.2, -0.15) is 0 Å². The van der Waals surface area contributed by atoms with Gasteiger partial charge in [-0.15, -0.1) is 0 Å². The van der Waals surface area contributed by atoms with Crippen molar-refractivity contribution in [2.24, 2.45) is 0 Å². The molecule has 2 aromatic rings. The fourth-order valence-electron chi connectivity index (χ4n) is 4.36. The van der Waals surface area contributed by atoms with Crippen LogP contribution in [0.1, 0.15) is 35.1 Å². The van der Waals surface area contributed by atoms with Gasteiger partial charge < -0.3 is 49.6 Å². The van der Waals surface area contributed by atoms with Crippen molar-refractivity contribution in [3.63, 3.8) is 0 Å². The Morgan fingerprint density at radius 2 is 1.82 bits per heavy atom. The van der Waals surface area contributed by atoms with Crippen LogP contribution < -0.4 is 14.2 Å². The van der Waals surface area contributed by atoms with Crippen molar-refractivity contribution >= 4 is 0 Å². The molecule has 186 valence electrons. The molecule has 2 heterocycles. The van der Waals surface area contributed by atoms with Gasteiger partial charge in [-0.3, -0.25) is 0 Å². The third-order valence-corrected chi connectivity index (χ3v) is 6.20. The molecule has 0 unspecified atom stereocenters. The lowest BCUT2D eigenvalue weighted by Gasteiger charge is -2.35. The summed E-state index contributed by atoms with van der Waals surface area (Å²) in [5, 5.41) is 59.4. The zero-order valence-electron chi connectivity index (χ0n) is 18.7. The molecular formula is C24H30O10. The number of rotatable bonds is 8. The summed E-state index contributed by atoms with van der Waals surface area (Å²) in [6.07, 6.45) is -4.74. The molecule has 0 aromatic heterocycles. The Kier molecular flexibility index (Phi) is 7.46. The molecular weight excluding hydrogens is 448 g/mol. The van der Waals surface area contributed by atoms with Crippen molar-refractivity contribution in [3.8, 4) is 23.0 Å². The van der Waals surface area contributed by atoms with Crippen LogP contribution >= 0.6 is 0 Å². The summed E-state index contributed by atoms with van der Waals surface area (Å²) in [7, 11) is 1.44.